The topological polar surface area (TPSA) is 55.8 Å². The number of halogens is 1. The lowest BCUT2D eigenvalue weighted by molar-refractivity contribution is 0.312. The molecule has 28 heavy (non-hydrogen) atoms. The van der Waals surface area contributed by atoms with Gasteiger partial charge in [0, 0.05) is 51.0 Å². The smallest absolute Gasteiger partial charge is 0.191 e. The zero-order chi connectivity index (χ0) is 18.9. The molecule has 0 aliphatic carbocycles. The Hall–Kier alpha value is -1.87. The van der Waals surface area contributed by atoms with E-state index in [1.165, 1.54) is 11.1 Å². The minimum absolute atomic E-state index is 0. The maximum absolute atomic E-state index is 4.70. The number of benzene rings is 1. The fraction of sp³-hybridized carbons (Fsp3) is 0.429. The number of nitrogens with zero attached hydrogens (tertiary/aromatic N) is 4. The average molecular weight is 494 g/mol. The van der Waals surface area contributed by atoms with Gasteiger partial charge in [-0.1, -0.05) is 36.4 Å². The summed E-state index contributed by atoms with van der Waals surface area (Å²) < 4.78 is 0. The zero-order valence-electron chi connectivity index (χ0n) is 16.8. The van der Waals surface area contributed by atoms with Crippen LogP contribution >= 0.6 is 24.0 Å². The van der Waals surface area contributed by atoms with Gasteiger partial charge in [0.25, 0.3) is 0 Å². The Morgan fingerprint density at radius 1 is 1.04 bits per heavy atom. The summed E-state index contributed by atoms with van der Waals surface area (Å²) >= 11 is 0. The largest absolute Gasteiger partial charge is 0.357 e. The molecule has 1 aromatic carbocycles. The Kier molecular flexibility index (Phi) is 9.49. The summed E-state index contributed by atoms with van der Waals surface area (Å²) in [7, 11) is 2.17. The molecule has 2 heterocycles. The predicted octanol–water partition coefficient (Wildman–Crippen LogP) is 2.71. The number of guanidine groups is 1. The maximum Gasteiger partial charge on any atom is 0.191 e. The van der Waals surface area contributed by atoms with E-state index in [2.05, 4.69) is 57.6 Å². The standard InChI is InChI=1S/C21H30N6.HI/c1-3-22-21(24-16-18-8-5-4-6-9-18)25-17-19-10-7-11-23-20(19)27-14-12-26(2)13-15-27;/h4-11H,3,12-17H2,1-2H3,(H2,22,24,25);1H. The molecule has 3 rings (SSSR count). The quantitative estimate of drug-likeness (QED) is 0.368. The van der Waals surface area contributed by atoms with Gasteiger partial charge in [-0.05, 0) is 25.6 Å². The molecule has 2 aromatic rings. The molecule has 0 spiro atoms. The molecule has 2 N–H and O–H groups in total. The van der Waals surface area contributed by atoms with Crippen molar-refractivity contribution < 1.29 is 0 Å². The van der Waals surface area contributed by atoms with Gasteiger partial charge in [-0.3, -0.25) is 0 Å². The molecule has 0 amide bonds. The van der Waals surface area contributed by atoms with Crippen LogP contribution in [0.2, 0.25) is 0 Å². The van der Waals surface area contributed by atoms with E-state index in [0.717, 1.165) is 44.5 Å². The van der Waals surface area contributed by atoms with Gasteiger partial charge in [0.2, 0.25) is 0 Å². The highest BCUT2D eigenvalue weighted by molar-refractivity contribution is 14.0. The first kappa shape index (κ1) is 22.4. The van der Waals surface area contributed by atoms with E-state index in [0.29, 0.717) is 13.1 Å². The maximum atomic E-state index is 4.70. The number of aliphatic imine (C=N–C) groups is 1. The van der Waals surface area contributed by atoms with Gasteiger partial charge < -0.3 is 20.4 Å². The van der Waals surface area contributed by atoms with Gasteiger partial charge in [0.15, 0.2) is 5.96 Å². The van der Waals surface area contributed by atoms with E-state index in [9.17, 15) is 0 Å². The first-order valence-electron chi connectivity index (χ1n) is 9.69. The number of pyridine rings is 1. The van der Waals surface area contributed by atoms with Crippen LogP contribution < -0.4 is 15.5 Å². The third-order valence-electron chi connectivity index (χ3n) is 4.72. The predicted molar refractivity (Wildman–Crippen MR) is 127 cm³/mol. The van der Waals surface area contributed by atoms with Crippen molar-refractivity contribution in [2.45, 2.75) is 20.0 Å². The number of hydrogen-bond donors (Lipinski definition) is 2. The summed E-state index contributed by atoms with van der Waals surface area (Å²) in [5.74, 6) is 1.91. The monoisotopic (exact) mass is 494 g/mol. The lowest BCUT2D eigenvalue weighted by Gasteiger charge is -2.34. The molecule has 1 aromatic heterocycles. The number of piperazine rings is 1. The second-order valence-corrected chi connectivity index (χ2v) is 6.81. The van der Waals surface area contributed by atoms with E-state index in [-0.39, 0.29) is 24.0 Å². The number of aromatic nitrogens is 1. The second-order valence-electron chi connectivity index (χ2n) is 6.81. The molecule has 152 valence electrons. The molecule has 0 saturated carbocycles. The molecule has 7 heteroatoms. The van der Waals surface area contributed by atoms with E-state index >= 15 is 0 Å². The van der Waals surface area contributed by atoms with Crippen molar-refractivity contribution in [2.75, 3.05) is 44.7 Å². The van der Waals surface area contributed by atoms with Crippen LogP contribution in [0.4, 0.5) is 5.82 Å². The van der Waals surface area contributed by atoms with Crippen molar-refractivity contribution in [2.24, 2.45) is 4.99 Å². The molecule has 0 atom stereocenters. The Morgan fingerprint density at radius 2 is 1.79 bits per heavy atom. The minimum Gasteiger partial charge on any atom is -0.357 e. The fourth-order valence-electron chi connectivity index (χ4n) is 3.15. The van der Waals surface area contributed by atoms with Crippen LogP contribution in [0.15, 0.2) is 53.7 Å². The summed E-state index contributed by atoms with van der Waals surface area (Å²) in [5, 5.41) is 6.78. The summed E-state index contributed by atoms with van der Waals surface area (Å²) in [6, 6.07) is 14.5. The Balaban J connectivity index is 0.00000280. The van der Waals surface area contributed by atoms with Gasteiger partial charge in [0.05, 0.1) is 6.54 Å². The average Bonchev–Trinajstić information content (AvgIpc) is 2.72. The van der Waals surface area contributed by atoms with Crippen LogP contribution in [-0.2, 0) is 13.1 Å². The number of nitrogens with one attached hydrogen (secondary N) is 2. The molecule has 1 saturated heterocycles. The van der Waals surface area contributed by atoms with Gasteiger partial charge in [-0.15, -0.1) is 24.0 Å². The van der Waals surface area contributed by atoms with Gasteiger partial charge >= 0.3 is 0 Å². The first-order valence-corrected chi connectivity index (χ1v) is 9.69. The Bertz CT molecular complexity index is 729. The molecule has 1 fully saturated rings. The van der Waals surface area contributed by atoms with Crippen LogP contribution in [0.3, 0.4) is 0 Å². The molecule has 1 aliphatic rings. The van der Waals surface area contributed by atoms with E-state index in [1.807, 2.05) is 30.5 Å². The zero-order valence-corrected chi connectivity index (χ0v) is 19.1. The molecular weight excluding hydrogens is 463 g/mol. The van der Waals surface area contributed by atoms with E-state index < -0.39 is 0 Å². The highest BCUT2D eigenvalue weighted by Gasteiger charge is 2.17. The minimum atomic E-state index is 0. The summed E-state index contributed by atoms with van der Waals surface area (Å²) in [6.45, 7) is 8.46. The van der Waals surface area contributed by atoms with Crippen LogP contribution in [0.1, 0.15) is 18.1 Å². The number of likely N-dealkylation sites (N-methyl/N-ethyl adjacent to an activating group) is 1. The molecule has 6 nitrogen and oxygen atoms in total. The van der Waals surface area contributed by atoms with E-state index in [1.54, 1.807) is 0 Å². The van der Waals surface area contributed by atoms with Crippen molar-refractivity contribution >= 4 is 35.8 Å². The SMILES string of the molecule is CCNC(=NCc1ccccc1)NCc1cccnc1N1CCN(C)CC1.I. The summed E-state index contributed by atoms with van der Waals surface area (Å²) in [6.07, 6.45) is 1.88. The van der Waals surface area contributed by atoms with Crippen LogP contribution in [0.25, 0.3) is 0 Å². The van der Waals surface area contributed by atoms with Crippen LogP contribution in [0.5, 0.6) is 0 Å². The van der Waals surface area contributed by atoms with Crippen LogP contribution in [0, 0.1) is 0 Å². The molecular formula is C21H31IN6. The van der Waals surface area contributed by atoms with Crippen molar-refractivity contribution in [3.8, 4) is 0 Å². The molecule has 1 aliphatic heterocycles. The lowest BCUT2D eigenvalue weighted by atomic mass is 10.2. The third-order valence-corrected chi connectivity index (χ3v) is 4.72. The number of hydrogen-bond acceptors (Lipinski definition) is 4. The van der Waals surface area contributed by atoms with Crippen molar-refractivity contribution in [1.29, 1.82) is 0 Å². The van der Waals surface area contributed by atoms with Crippen molar-refractivity contribution in [1.82, 2.24) is 20.5 Å². The van der Waals surface area contributed by atoms with Crippen molar-refractivity contribution in [3.63, 3.8) is 0 Å². The normalized spacial score (nSPS) is 15.1. The van der Waals surface area contributed by atoms with E-state index in [4.69, 9.17) is 4.99 Å². The van der Waals surface area contributed by atoms with Crippen LogP contribution in [-0.4, -0.2) is 55.6 Å². The number of anilines is 1. The van der Waals surface area contributed by atoms with Gasteiger partial charge in [0.1, 0.15) is 5.82 Å². The highest BCUT2D eigenvalue weighted by Crippen LogP contribution is 2.18. The number of rotatable bonds is 6. The van der Waals surface area contributed by atoms with Crippen molar-refractivity contribution in [3.05, 3.63) is 59.8 Å². The fourth-order valence-corrected chi connectivity index (χ4v) is 3.15. The Labute approximate surface area is 185 Å². The van der Waals surface area contributed by atoms with Gasteiger partial charge in [-0.25, -0.2) is 9.98 Å². The van der Waals surface area contributed by atoms with Gasteiger partial charge in [-0.2, -0.15) is 0 Å². The first-order chi connectivity index (χ1) is 13.3. The Morgan fingerprint density at radius 3 is 2.50 bits per heavy atom. The molecule has 0 radical (unpaired) electrons. The summed E-state index contributed by atoms with van der Waals surface area (Å²) in [4.78, 5) is 14.1. The second kappa shape index (κ2) is 11.9. The lowest BCUT2D eigenvalue weighted by Crippen LogP contribution is -2.45. The molecule has 0 unspecified atom stereocenters. The summed E-state index contributed by atoms with van der Waals surface area (Å²) in [5.41, 5.74) is 2.40. The molecule has 0 bridgehead atoms. The third kappa shape index (κ3) is 6.63. The highest BCUT2D eigenvalue weighted by atomic mass is 127.